The molecule has 1 atom stereocenters. The number of hydrogen-bond acceptors (Lipinski definition) is 4. The smallest absolute Gasteiger partial charge is 0.119 e. The zero-order valence-electron chi connectivity index (χ0n) is 15.2. The summed E-state index contributed by atoms with van der Waals surface area (Å²) in [7, 11) is 1.70. The van der Waals surface area contributed by atoms with E-state index in [-0.39, 0.29) is 0 Å². The van der Waals surface area contributed by atoms with E-state index in [0.717, 1.165) is 44.8 Å². The van der Waals surface area contributed by atoms with Gasteiger partial charge in [0.25, 0.3) is 0 Å². The summed E-state index contributed by atoms with van der Waals surface area (Å²) in [6.45, 7) is 4.42. The number of methoxy groups -OCH3 is 1. The Morgan fingerprint density at radius 3 is 2.84 bits per heavy atom. The summed E-state index contributed by atoms with van der Waals surface area (Å²) in [5.74, 6) is 0.900. The number of benzene rings is 2. The highest BCUT2D eigenvalue weighted by molar-refractivity contribution is 5.84. The fourth-order valence-electron chi connectivity index (χ4n) is 3.71. The normalized spacial score (nSPS) is 18.6. The van der Waals surface area contributed by atoms with Crippen molar-refractivity contribution in [2.75, 3.05) is 33.4 Å². The highest BCUT2D eigenvalue weighted by Crippen LogP contribution is 2.22. The minimum absolute atomic E-state index is 0.301. The van der Waals surface area contributed by atoms with Crippen LogP contribution in [0.25, 0.3) is 10.8 Å². The van der Waals surface area contributed by atoms with Gasteiger partial charge in [0.2, 0.25) is 0 Å². The molecule has 0 aliphatic carbocycles. The lowest BCUT2D eigenvalue weighted by Gasteiger charge is -2.34. The molecule has 3 rings (SSSR count). The van der Waals surface area contributed by atoms with Gasteiger partial charge in [-0.1, -0.05) is 24.6 Å². The SMILES string of the molecule is COc1ccc2cc(CNCCCN3CCCCC3CO)ccc2c1. The fourth-order valence-corrected chi connectivity index (χ4v) is 3.71. The van der Waals surface area contributed by atoms with Crippen LogP contribution < -0.4 is 10.1 Å². The Hall–Kier alpha value is -1.62. The predicted molar refractivity (Wildman–Crippen MR) is 103 cm³/mol. The fraction of sp³-hybridized carbons (Fsp3) is 0.524. The van der Waals surface area contributed by atoms with Crippen LogP contribution in [0, 0.1) is 0 Å². The minimum atomic E-state index is 0.301. The van der Waals surface area contributed by atoms with Crippen molar-refractivity contribution in [3.05, 3.63) is 42.0 Å². The summed E-state index contributed by atoms with van der Waals surface area (Å²) in [6.07, 6.45) is 4.80. The van der Waals surface area contributed by atoms with Crippen LogP contribution in [0.4, 0.5) is 0 Å². The zero-order valence-corrected chi connectivity index (χ0v) is 15.2. The van der Waals surface area contributed by atoms with E-state index in [0.29, 0.717) is 12.6 Å². The average molecular weight is 342 g/mol. The molecule has 2 aromatic rings. The van der Waals surface area contributed by atoms with Gasteiger partial charge in [-0.2, -0.15) is 0 Å². The van der Waals surface area contributed by atoms with Crippen molar-refractivity contribution >= 4 is 10.8 Å². The number of nitrogens with one attached hydrogen (secondary N) is 1. The standard InChI is InChI=1S/C21H30N2O2/c1-25-21-9-8-18-13-17(6-7-19(18)14-21)15-22-10-4-12-23-11-3-2-5-20(23)16-24/h6-9,13-14,20,22,24H,2-5,10-12,15-16H2,1H3. The van der Waals surface area contributed by atoms with Gasteiger partial charge >= 0.3 is 0 Å². The van der Waals surface area contributed by atoms with Gasteiger partial charge in [0, 0.05) is 12.6 Å². The van der Waals surface area contributed by atoms with Crippen molar-refractivity contribution in [2.24, 2.45) is 0 Å². The van der Waals surface area contributed by atoms with Gasteiger partial charge in [-0.15, -0.1) is 0 Å². The van der Waals surface area contributed by atoms with Crippen molar-refractivity contribution in [1.29, 1.82) is 0 Å². The van der Waals surface area contributed by atoms with Gasteiger partial charge in [0.15, 0.2) is 0 Å². The van der Waals surface area contributed by atoms with Crippen LogP contribution in [0.5, 0.6) is 5.75 Å². The number of rotatable bonds is 8. The molecule has 2 N–H and O–H groups in total. The van der Waals surface area contributed by atoms with Crippen LogP contribution in [0.2, 0.25) is 0 Å². The Balaban J connectivity index is 1.43. The molecule has 1 aliphatic rings. The summed E-state index contributed by atoms with van der Waals surface area (Å²) >= 11 is 0. The van der Waals surface area contributed by atoms with Crippen molar-refractivity contribution in [3.8, 4) is 5.75 Å². The van der Waals surface area contributed by atoms with Crippen molar-refractivity contribution in [3.63, 3.8) is 0 Å². The van der Waals surface area contributed by atoms with Gasteiger partial charge in [0.05, 0.1) is 13.7 Å². The monoisotopic (exact) mass is 342 g/mol. The molecule has 4 nitrogen and oxygen atoms in total. The molecule has 0 amide bonds. The molecular weight excluding hydrogens is 312 g/mol. The molecule has 1 heterocycles. The predicted octanol–water partition coefficient (Wildman–Crippen LogP) is 3.17. The van der Waals surface area contributed by atoms with Crippen molar-refractivity contribution in [1.82, 2.24) is 10.2 Å². The van der Waals surface area contributed by atoms with E-state index in [1.54, 1.807) is 7.11 Å². The van der Waals surface area contributed by atoms with Gasteiger partial charge < -0.3 is 15.2 Å². The van der Waals surface area contributed by atoms with E-state index in [1.165, 1.54) is 29.2 Å². The molecule has 4 heteroatoms. The highest BCUT2D eigenvalue weighted by Gasteiger charge is 2.20. The molecule has 1 aliphatic heterocycles. The second-order valence-corrected chi connectivity index (χ2v) is 6.95. The van der Waals surface area contributed by atoms with Gasteiger partial charge in [-0.3, -0.25) is 4.90 Å². The van der Waals surface area contributed by atoms with E-state index in [1.807, 2.05) is 6.07 Å². The topological polar surface area (TPSA) is 44.7 Å². The molecule has 0 radical (unpaired) electrons. The lowest BCUT2D eigenvalue weighted by Crippen LogP contribution is -2.42. The third-order valence-corrected chi connectivity index (χ3v) is 5.20. The van der Waals surface area contributed by atoms with E-state index < -0.39 is 0 Å². The first-order valence-electron chi connectivity index (χ1n) is 9.42. The minimum Gasteiger partial charge on any atom is -0.497 e. The van der Waals surface area contributed by atoms with E-state index >= 15 is 0 Å². The van der Waals surface area contributed by atoms with Crippen LogP contribution >= 0.6 is 0 Å². The summed E-state index contributed by atoms with van der Waals surface area (Å²) in [4.78, 5) is 2.45. The Morgan fingerprint density at radius 1 is 1.16 bits per heavy atom. The van der Waals surface area contributed by atoms with Crippen molar-refractivity contribution < 1.29 is 9.84 Å². The molecule has 0 saturated carbocycles. The van der Waals surface area contributed by atoms with Gasteiger partial charge in [0.1, 0.15) is 5.75 Å². The number of aliphatic hydroxyl groups excluding tert-OH is 1. The Bertz CT molecular complexity index is 674. The third kappa shape index (κ3) is 4.94. The Kier molecular flexibility index (Phi) is 6.68. The lowest BCUT2D eigenvalue weighted by molar-refractivity contribution is 0.0893. The number of fused-ring (bicyclic) bond motifs is 1. The van der Waals surface area contributed by atoms with E-state index in [4.69, 9.17) is 4.74 Å². The zero-order chi connectivity index (χ0) is 17.5. The van der Waals surface area contributed by atoms with E-state index in [9.17, 15) is 5.11 Å². The number of ether oxygens (including phenoxy) is 1. The van der Waals surface area contributed by atoms with Crippen LogP contribution in [0.1, 0.15) is 31.2 Å². The maximum absolute atomic E-state index is 9.47. The first-order valence-corrected chi connectivity index (χ1v) is 9.42. The molecule has 0 bridgehead atoms. The van der Waals surface area contributed by atoms with Crippen LogP contribution in [0.15, 0.2) is 36.4 Å². The summed E-state index contributed by atoms with van der Waals surface area (Å²) < 4.78 is 5.28. The molecular formula is C21H30N2O2. The third-order valence-electron chi connectivity index (χ3n) is 5.20. The Morgan fingerprint density at radius 2 is 2.00 bits per heavy atom. The van der Waals surface area contributed by atoms with Gasteiger partial charge in [-0.05, 0) is 73.4 Å². The second-order valence-electron chi connectivity index (χ2n) is 6.95. The molecule has 1 saturated heterocycles. The van der Waals surface area contributed by atoms with Crippen molar-refractivity contribution in [2.45, 2.75) is 38.3 Å². The number of hydrogen-bond donors (Lipinski definition) is 2. The number of aliphatic hydroxyl groups is 1. The largest absolute Gasteiger partial charge is 0.497 e. The Labute approximate surface area is 150 Å². The molecule has 0 aromatic heterocycles. The molecule has 25 heavy (non-hydrogen) atoms. The number of piperidine rings is 1. The first-order chi connectivity index (χ1) is 12.3. The summed E-state index contributed by atoms with van der Waals surface area (Å²) in [5.41, 5.74) is 1.31. The molecule has 1 unspecified atom stereocenters. The van der Waals surface area contributed by atoms with E-state index in [2.05, 4.69) is 40.5 Å². The lowest BCUT2D eigenvalue weighted by atomic mass is 10.0. The molecule has 2 aromatic carbocycles. The maximum Gasteiger partial charge on any atom is 0.119 e. The van der Waals surface area contributed by atoms with Crippen LogP contribution in [0.3, 0.4) is 0 Å². The van der Waals surface area contributed by atoms with Crippen LogP contribution in [-0.2, 0) is 6.54 Å². The second kappa shape index (κ2) is 9.18. The highest BCUT2D eigenvalue weighted by atomic mass is 16.5. The number of likely N-dealkylation sites (tertiary alicyclic amines) is 1. The maximum atomic E-state index is 9.47. The molecule has 1 fully saturated rings. The summed E-state index contributed by atoms with van der Waals surface area (Å²) in [5, 5.41) is 15.5. The van der Waals surface area contributed by atoms with Gasteiger partial charge in [-0.25, -0.2) is 0 Å². The average Bonchev–Trinajstić information content (AvgIpc) is 2.67. The van der Waals surface area contributed by atoms with Crippen LogP contribution in [-0.4, -0.2) is 49.4 Å². The number of nitrogens with zero attached hydrogens (tertiary/aromatic N) is 1. The quantitative estimate of drug-likeness (QED) is 0.723. The first kappa shape index (κ1) is 18.2. The molecule has 136 valence electrons. The molecule has 0 spiro atoms. The summed E-state index contributed by atoms with van der Waals surface area (Å²) in [6, 6.07) is 13.2.